The van der Waals surface area contributed by atoms with E-state index >= 15 is 0 Å². The first-order chi connectivity index (χ1) is 10.4. The summed E-state index contributed by atoms with van der Waals surface area (Å²) < 4.78 is 8.15. The van der Waals surface area contributed by atoms with Gasteiger partial charge in [-0.3, -0.25) is 4.57 Å². The fourth-order valence-corrected chi connectivity index (χ4v) is 3.67. The lowest BCUT2D eigenvalue weighted by Crippen LogP contribution is -2.29. The van der Waals surface area contributed by atoms with Crippen molar-refractivity contribution in [2.24, 2.45) is 5.92 Å². The molecule has 2 saturated carbocycles. The summed E-state index contributed by atoms with van der Waals surface area (Å²) in [6, 6.07) is 0. The Kier molecular flexibility index (Phi) is 3.61. The van der Waals surface area contributed by atoms with Gasteiger partial charge in [-0.2, -0.15) is 0 Å². The highest BCUT2D eigenvalue weighted by atomic mass is 16.5. The second kappa shape index (κ2) is 5.59. The van der Waals surface area contributed by atoms with Gasteiger partial charge in [-0.1, -0.05) is 6.42 Å². The van der Waals surface area contributed by atoms with Gasteiger partial charge in [0.15, 0.2) is 0 Å². The molecule has 1 aromatic rings. The summed E-state index contributed by atoms with van der Waals surface area (Å²) in [6.07, 6.45) is 9.42. The quantitative estimate of drug-likeness (QED) is 0.807. The van der Waals surface area contributed by atoms with Crippen molar-refractivity contribution in [1.82, 2.24) is 14.8 Å². The molecule has 1 atom stereocenters. The van der Waals surface area contributed by atoms with Crippen molar-refractivity contribution in [2.75, 3.05) is 25.1 Å². The second-order valence-corrected chi connectivity index (χ2v) is 6.90. The molecule has 3 fully saturated rings. The fourth-order valence-electron chi connectivity index (χ4n) is 3.67. The number of anilines is 1. The summed E-state index contributed by atoms with van der Waals surface area (Å²) in [6.45, 7) is 3.19. The molecule has 21 heavy (non-hydrogen) atoms. The molecular formula is C16H26N4O. The third-order valence-corrected chi connectivity index (χ3v) is 5.43. The number of rotatable bonds is 6. The monoisotopic (exact) mass is 290 g/mol. The van der Waals surface area contributed by atoms with E-state index in [1.165, 1.54) is 50.8 Å². The van der Waals surface area contributed by atoms with E-state index in [1.807, 2.05) is 7.11 Å². The van der Waals surface area contributed by atoms with Gasteiger partial charge in [-0.05, 0) is 44.4 Å². The third kappa shape index (κ3) is 2.56. The minimum atomic E-state index is 0.334. The van der Waals surface area contributed by atoms with Crippen molar-refractivity contribution in [2.45, 2.75) is 63.5 Å². The predicted octanol–water partition coefficient (Wildman–Crippen LogP) is 2.57. The van der Waals surface area contributed by atoms with Gasteiger partial charge in [-0.15, -0.1) is 10.2 Å². The number of hydrogen-bond acceptors (Lipinski definition) is 4. The van der Waals surface area contributed by atoms with Crippen LogP contribution >= 0.6 is 0 Å². The van der Waals surface area contributed by atoms with E-state index < -0.39 is 0 Å². The highest BCUT2D eigenvalue weighted by Crippen LogP contribution is 2.39. The first-order valence-corrected chi connectivity index (χ1v) is 8.57. The van der Waals surface area contributed by atoms with Crippen molar-refractivity contribution < 1.29 is 4.74 Å². The first kappa shape index (κ1) is 13.6. The van der Waals surface area contributed by atoms with Crippen LogP contribution in [-0.2, 0) is 11.3 Å². The lowest BCUT2D eigenvalue weighted by atomic mass is 9.85. The summed E-state index contributed by atoms with van der Waals surface area (Å²) in [5.41, 5.74) is 0. The maximum absolute atomic E-state index is 5.76. The molecule has 1 aliphatic heterocycles. The molecule has 116 valence electrons. The Morgan fingerprint density at radius 2 is 1.86 bits per heavy atom. The highest BCUT2D eigenvalue weighted by Gasteiger charge is 2.35. The van der Waals surface area contributed by atoms with Crippen molar-refractivity contribution in [3.63, 3.8) is 0 Å². The molecule has 0 amide bonds. The minimum Gasteiger partial charge on any atom is -0.379 e. The third-order valence-electron chi connectivity index (χ3n) is 5.43. The molecule has 0 N–H and O–H groups in total. The molecule has 0 spiro atoms. The van der Waals surface area contributed by atoms with Crippen LogP contribution in [0.5, 0.6) is 0 Å². The maximum atomic E-state index is 5.76. The molecule has 2 aliphatic carbocycles. The molecule has 4 rings (SSSR count). The number of methoxy groups -OCH3 is 1. The number of nitrogens with zero attached hydrogens (tertiary/aromatic N) is 4. The Hall–Kier alpha value is -1.10. The van der Waals surface area contributed by atoms with Crippen molar-refractivity contribution >= 4 is 5.95 Å². The van der Waals surface area contributed by atoms with E-state index in [2.05, 4.69) is 19.7 Å². The fraction of sp³-hybridized carbons (Fsp3) is 0.875. The van der Waals surface area contributed by atoms with Crippen molar-refractivity contribution in [3.8, 4) is 0 Å². The SMILES string of the molecule is COC(Cn1c(C2CCC2)nnc1N1CCCC1)C1CC1. The normalized spacial score (nSPS) is 24.3. The van der Waals surface area contributed by atoms with Crippen LogP contribution in [0.2, 0.25) is 0 Å². The van der Waals surface area contributed by atoms with E-state index in [4.69, 9.17) is 4.74 Å². The van der Waals surface area contributed by atoms with Gasteiger partial charge in [0.25, 0.3) is 0 Å². The zero-order chi connectivity index (χ0) is 14.2. The Bertz CT molecular complexity index is 486. The molecule has 2 heterocycles. The average Bonchev–Trinajstić information content (AvgIpc) is 2.98. The Balaban J connectivity index is 1.61. The van der Waals surface area contributed by atoms with Crippen LogP contribution in [0.15, 0.2) is 0 Å². The van der Waals surface area contributed by atoms with Crippen LogP contribution in [0.1, 0.15) is 56.7 Å². The Labute approximate surface area is 126 Å². The maximum Gasteiger partial charge on any atom is 0.227 e. The zero-order valence-corrected chi connectivity index (χ0v) is 13.0. The summed E-state index contributed by atoms with van der Waals surface area (Å²) >= 11 is 0. The van der Waals surface area contributed by atoms with Gasteiger partial charge in [0, 0.05) is 26.1 Å². The first-order valence-electron chi connectivity index (χ1n) is 8.57. The molecule has 0 bridgehead atoms. The molecule has 1 unspecified atom stereocenters. The number of hydrogen-bond donors (Lipinski definition) is 0. The van der Waals surface area contributed by atoms with Crippen LogP contribution in [0, 0.1) is 5.92 Å². The van der Waals surface area contributed by atoms with E-state index in [9.17, 15) is 0 Å². The molecule has 0 radical (unpaired) electrons. The van der Waals surface area contributed by atoms with Crippen LogP contribution in [0.4, 0.5) is 5.95 Å². The van der Waals surface area contributed by atoms with Gasteiger partial charge in [0.1, 0.15) is 5.82 Å². The second-order valence-electron chi connectivity index (χ2n) is 6.90. The van der Waals surface area contributed by atoms with Gasteiger partial charge in [0.05, 0.1) is 12.6 Å². The Morgan fingerprint density at radius 1 is 1.10 bits per heavy atom. The molecule has 0 aromatic carbocycles. The van der Waals surface area contributed by atoms with Crippen LogP contribution < -0.4 is 4.90 Å². The topological polar surface area (TPSA) is 43.2 Å². The molecule has 1 aromatic heterocycles. The number of aromatic nitrogens is 3. The Morgan fingerprint density at radius 3 is 2.43 bits per heavy atom. The van der Waals surface area contributed by atoms with Crippen molar-refractivity contribution in [3.05, 3.63) is 5.82 Å². The summed E-state index contributed by atoms with van der Waals surface area (Å²) in [4.78, 5) is 2.41. The average molecular weight is 290 g/mol. The lowest BCUT2D eigenvalue weighted by molar-refractivity contribution is 0.0688. The van der Waals surface area contributed by atoms with Crippen LogP contribution in [0.25, 0.3) is 0 Å². The molecule has 5 nitrogen and oxygen atoms in total. The summed E-state index contributed by atoms with van der Waals surface area (Å²) in [5.74, 6) is 3.69. The summed E-state index contributed by atoms with van der Waals surface area (Å²) in [7, 11) is 1.85. The molecular weight excluding hydrogens is 264 g/mol. The summed E-state index contributed by atoms with van der Waals surface area (Å²) in [5, 5.41) is 9.12. The molecule has 1 saturated heterocycles. The smallest absolute Gasteiger partial charge is 0.227 e. The zero-order valence-electron chi connectivity index (χ0n) is 13.0. The molecule has 3 aliphatic rings. The van der Waals surface area contributed by atoms with E-state index in [0.29, 0.717) is 12.0 Å². The van der Waals surface area contributed by atoms with Crippen molar-refractivity contribution in [1.29, 1.82) is 0 Å². The van der Waals surface area contributed by atoms with Gasteiger partial charge in [0.2, 0.25) is 5.95 Å². The van der Waals surface area contributed by atoms with E-state index in [0.717, 1.165) is 31.5 Å². The van der Waals surface area contributed by atoms with E-state index in [-0.39, 0.29) is 0 Å². The predicted molar refractivity (Wildman–Crippen MR) is 81.6 cm³/mol. The van der Waals surface area contributed by atoms with Gasteiger partial charge < -0.3 is 9.64 Å². The van der Waals surface area contributed by atoms with Crippen LogP contribution in [0.3, 0.4) is 0 Å². The van der Waals surface area contributed by atoms with Gasteiger partial charge in [-0.25, -0.2) is 0 Å². The highest BCUT2D eigenvalue weighted by molar-refractivity contribution is 5.33. The van der Waals surface area contributed by atoms with Gasteiger partial charge >= 0.3 is 0 Å². The van der Waals surface area contributed by atoms with Crippen LogP contribution in [-0.4, -0.2) is 41.1 Å². The standard InChI is InChI=1S/C16H26N4O/c1-21-14(12-7-8-12)11-20-15(13-5-4-6-13)17-18-16(20)19-9-2-3-10-19/h12-14H,2-11H2,1H3. The largest absolute Gasteiger partial charge is 0.379 e. The lowest BCUT2D eigenvalue weighted by Gasteiger charge is -2.28. The minimum absolute atomic E-state index is 0.334. The number of ether oxygens (including phenoxy) is 1. The molecule has 5 heteroatoms. The van der Waals surface area contributed by atoms with E-state index in [1.54, 1.807) is 0 Å².